The summed E-state index contributed by atoms with van der Waals surface area (Å²) in [7, 11) is 0. The zero-order chi connectivity index (χ0) is 13.0. The number of nitrogens with one attached hydrogen (secondary N) is 1. The van der Waals surface area contributed by atoms with Crippen molar-refractivity contribution in [3.8, 4) is 0 Å². The number of anilines is 1. The average Bonchev–Trinajstić information content (AvgIpc) is 2.40. The maximum atomic E-state index is 12.9. The predicted octanol–water partition coefficient (Wildman–Crippen LogP) is 1.17. The van der Waals surface area contributed by atoms with Gasteiger partial charge >= 0.3 is 5.97 Å². The summed E-state index contributed by atoms with van der Waals surface area (Å²) in [6.07, 6.45) is 0. The highest BCUT2D eigenvalue weighted by Crippen LogP contribution is 2.19. The number of halogens is 1. The van der Waals surface area contributed by atoms with Gasteiger partial charge in [-0.05, 0) is 31.2 Å². The molecular weight excluding hydrogens is 235 g/mol. The summed E-state index contributed by atoms with van der Waals surface area (Å²) in [5, 5.41) is 3.17. The van der Waals surface area contributed by atoms with E-state index in [-0.39, 0.29) is 17.8 Å². The fraction of sp³-hybridized carbons (Fsp3) is 0.462. The van der Waals surface area contributed by atoms with Gasteiger partial charge in [-0.3, -0.25) is 0 Å². The van der Waals surface area contributed by atoms with E-state index in [1.54, 1.807) is 19.1 Å². The predicted molar refractivity (Wildman–Crippen MR) is 67.0 cm³/mol. The highest BCUT2D eigenvalue weighted by atomic mass is 19.1. The van der Waals surface area contributed by atoms with Crippen LogP contribution in [0.4, 0.5) is 10.1 Å². The Morgan fingerprint density at radius 1 is 1.50 bits per heavy atom. The van der Waals surface area contributed by atoms with Gasteiger partial charge in [-0.15, -0.1) is 0 Å². The Bertz CT molecular complexity index is 408. The number of benzene rings is 1. The van der Waals surface area contributed by atoms with Crippen LogP contribution in [0.25, 0.3) is 0 Å². The first kappa shape index (κ1) is 12.8. The van der Waals surface area contributed by atoms with Gasteiger partial charge in [0.15, 0.2) is 0 Å². The monoisotopic (exact) mass is 252 g/mol. The Hall–Kier alpha value is -1.62. The third-order valence-electron chi connectivity index (χ3n) is 2.96. The van der Waals surface area contributed by atoms with Crippen molar-refractivity contribution >= 4 is 11.7 Å². The molecule has 98 valence electrons. The van der Waals surface area contributed by atoms with E-state index in [1.165, 1.54) is 12.1 Å². The fourth-order valence-corrected chi connectivity index (χ4v) is 2.09. The van der Waals surface area contributed by atoms with E-state index in [0.717, 1.165) is 12.2 Å². The number of rotatable bonds is 3. The quantitative estimate of drug-likeness (QED) is 0.820. The van der Waals surface area contributed by atoms with Crippen LogP contribution in [-0.4, -0.2) is 38.3 Å². The molecule has 0 amide bonds. The molecule has 0 bridgehead atoms. The number of nitrogens with zero attached hydrogens (tertiary/aromatic N) is 1. The second-order valence-corrected chi connectivity index (χ2v) is 4.14. The zero-order valence-electron chi connectivity index (χ0n) is 10.4. The second kappa shape index (κ2) is 5.82. The summed E-state index contributed by atoms with van der Waals surface area (Å²) in [5.74, 6) is -0.518. The minimum atomic E-state index is -0.343. The van der Waals surface area contributed by atoms with Crippen molar-refractivity contribution in [1.29, 1.82) is 0 Å². The van der Waals surface area contributed by atoms with Crippen LogP contribution in [-0.2, 0) is 9.53 Å². The lowest BCUT2D eigenvalue weighted by Crippen LogP contribution is -2.55. The maximum absolute atomic E-state index is 12.9. The van der Waals surface area contributed by atoms with Gasteiger partial charge in [0, 0.05) is 25.3 Å². The molecule has 1 aromatic rings. The first-order valence-electron chi connectivity index (χ1n) is 6.12. The average molecular weight is 252 g/mol. The smallest absolute Gasteiger partial charge is 0.330 e. The summed E-state index contributed by atoms with van der Waals surface area (Å²) in [4.78, 5) is 13.8. The van der Waals surface area contributed by atoms with Gasteiger partial charge in [0.25, 0.3) is 0 Å². The number of hydrogen-bond acceptors (Lipinski definition) is 4. The van der Waals surface area contributed by atoms with Crippen LogP contribution in [0.3, 0.4) is 0 Å². The number of hydrogen-bond donors (Lipinski definition) is 1. The largest absolute Gasteiger partial charge is 0.464 e. The van der Waals surface area contributed by atoms with Gasteiger partial charge < -0.3 is 15.0 Å². The van der Waals surface area contributed by atoms with Crippen molar-refractivity contribution < 1.29 is 13.9 Å². The van der Waals surface area contributed by atoms with Crippen LogP contribution < -0.4 is 10.2 Å². The molecule has 1 aliphatic heterocycles. The number of carbonyl (C=O) groups excluding carboxylic acids is 1. The molecular formula is C13H17FN2O2. The van der Waals surface area contributed by atoms with Crippen LogP contribution in [0.15, 0.2) is 24.3 Å². The minimum Gasteiger partial charge on any atom is -0.464 e. The minimum absolute atomic E-state index is 0.242. The highest BCUT2D eigenvalue weighted by Gasteiger charge is 2.29. The van der Waals surface area contributed by atoms with Crippen LogP contribution in [0.5, 0.6) is 0 Å². The number of ether oxygens (including phenoxy) is 1. The van der Waals surface area contributed by atoms with Crippen molar-refractivity contribution in [2.75, 3.05) is 31.1 Å². The summed E-state index contributed by atoms with van der Waals surface area (Å²) in [6, 6.07) is 5.84. The van der Waals surface area contributed by atoms with E-state index in [9.17, 15) is 9.18 Å². The third kappa shape index (κ3) is 2.79. The topological polar surface area (TPSA) is 41.6 Å². The number of esters is 1. The zero-order valence-corrected chi connectivity index (χ0v) is 10.4. The van der Waals surface area contributed by atoms with Gasteiger partial charge in [-0.25, -0.2) is 9.18 Å². The van der Waals surface area contributed by atoms with Crippen LogP contribution in [0, 0.1) is 5.82 Å². The molecule has 1 heterocycles. The van der Waals surface area contributed by atoms with E-state index in [2.05, 4.69) is 5.32 Å². The molecule has 1 fully saturated rings. The van der Waals surface area contributed by atoms with Crippen LogP contribution in [0.2, 0.25) is 0 Å². The Balaban J connectivity index is 2.17. The molecule has 0 radical (unpaired) electrons. The van der Waals surface area contributed by atoms with Gasteiger partial charge in [0.2, 0.25) is 0 Å². The SMILES string of the molecule is CCOC(=O)C1CNCCN1c1ccc(F)cc1. The summed E-state index contributed by atoms with van der Waals surface area (Å²) < 4.78 is 18.0. The normalized spacial score (nSPS) is 19.7. The van der Waals surface area contributed by atoms with Gasteiger partial charge in [-0.1, -0.05) is 0 Å². The molecule has 1 saturated heterocycles. The lowest BCUT2D eigenvalue weighted by molar-refractivity contribution is -0.144. The molecule has 0 aromatic heterocycles. The fourth-order valence-electron chi connectivity index (χ4n) is 2.09. The van der Waals surface area contributed by atoms with Gasteiger partial charge in [-0.2, -0.15) is 0 Å². The summed E-state index contributed by atoms with van der Waals surface area (Å²) in [5.41, 5.74) is 0.843. The van der Waals surface area contributed by atoms with E-state index < -0.39 is 0 Å². The molecule has 0 aliphatic carbocycles. The van der Waals surface area contributed by atoms with E-state index in [1.807, 2.05) is 4.90 Å². The van der Waals surface area contributed by atoms with Crippen LogP contribution in [0.1, 0.15) is 6.92 Å². The number of carbonyl (C=O) groups is 1. The van der Waals surface area contributed by atoms with Gasteiger partial charge in [0.05, 0.1) is 6.61 Å². The van der Waals surface area contributed by atoms with Crippen molar-refractivity contribution in [3.05, 3.63) is 30.1 Å². The Labute approximate surface area is 106 Å². The third-order valence-corrected chi connectivity index (χ3v) is 2.96. The Morgan fingerprint density at radius 2 is 2.22 bits per heavy atom. The lowest BCUT2D eigenvalue weighted by Gasteiger charge is -2.36. The Morgan fingerprint density at radius 3 is 2.89 bits per heavy atom. The van der Waals surface area contributed by atoms with Crippen LogP contribution >= 0.6 is 0 Å². The first-order valence-corrected chi connectivity index (χ1v) is 6.12. The molecule has 1 aromatic carbocycles. The van der Waals surface area contributed by atoms with E-state index in [4.69, 9.17) is 4.74 Å². The van der Waals surface area contributed by atoms with Crippen molar-refractivity contribution in [2.24, 2.45) is 0 Å². The molecule has 1 atom stereocenters. The van der Waals surface area contributed by atoms with Gasteiger partial charge in [0.1, 0.15) is 11.9 Å². The molecule has 0 saturated carbocycles. The molecule has 1 aliphatic rings. The standard InChI is InChI=1S/C13H17FN2O2/c1-2-18-13(17)12-9-15-7-8-16(12)11-5-3-10(14)4-6-11/h3-6,12,15H,2,7-9H2,1H3. The highest BCUT2D eigenvalue weighted by molar-refractivity contribution is 5.80. The molecule has 2 rings (SSSR count). The Kier molecular flexibility index (Phi) is 4.15. The molecule has 1 unspecified atom stereocenters. The van der Waals surface area contributed by atoms with Crippen molar-refractivity contribution in [1.82, 2.24) is 5.32 Å². The van der Waals surface area contributed by atoms with Crippen molar-refractivity contribution in [2.45, 2.75) is 13.0 Å². The second-order valence-electron chi connectivity index (χ2n) is 4.14. The summed E-state index contributed by atoms with van der Waals surface area (Å²) >= 11 is 0. The lowest BCUT2D eigenvalue weighted by atomic mass is 10.1. The molecule has 4 nitrogen and oxygen atoms in total. The molecule has 0 spiro atoms. The maximum Gasteiger partial charge on any atom is 0.330 e. The molecule has 1 N–H and O–H groups in total. The number of piperazine rings is 1. The van der Waals surface area contributed by atoms with E-state index >= 15 is 0 Å². The molecule has 5 heteroatoms. The first-order chi connectivity index (χ1) is 8.72. The van der Waals surface area contributed by atoms with Crippen molar-refractivity contribution in [3.63, 3.8) is 0 Å². The molecule has 18 heavy (non-hydrogen) atoms. The van der Waals surface area contributed by atoms with E-state index in [0.29, 0.717) is 19.7 Å². The summed E-state index contributed by atoms with van der Waals surface area (Å²) in [6.45, 7) is 4.21.